The molecule has 0 radical (unpaired) electrons. The van der Waals surface area contributed by atoms with Gasteiger partial charge in [0, 0.05) is 11.8 Å². The first-order chi connectivity index (χ1) is 9.02. The Morgan fingerprint density at radius 1 is 1.37 bits per heavy atom. The Hall–Kier alpha value is -1.61. The molecule has 0 aliphatic carbocycles. The van der Waals surface area contributed by atoms with Gasteiger partial charge in [0.2, 0.25) is 0 Å². The zero-order valence-electron chi connectivity index (χ0n) is 11.3. The molecule has 1 aromatic carbocycles. The van der Waals surface area contributed by atoms with Crippen LogP contribution in [0.25, 0.3) is 10.9 Å². The molecule has 2 aromatic rings. The Balaban J connectivity index is 2.39. The van der Waals surface area contributed by atoms with Crippen molar-refractivity contribution in [2.45, 2.75) is 26.7 Å². The highest BCUT2D eigenvalue weighted by atomic mass is 35.5. The maximum Gasteiger partial charge on any atom is 0.305 e. The number of carbonyl (C=O) groups is 1. The third-order valence-electron chi connectivity index (χ3n) is 3.36. The average Bonchev–Trinajstić information content (AvgIpc) is 2.41. The predicted molar refractivity (Wildman–Crippen MR) is 76.6 cm³/mol. The van der Waals surface area contributed by atoms with Crippen LogP contribution in [0.5, 0.6) is 0 Å². The summed E-state index contributed by atoms with van der Waals surface area (Å²) in [4.78, 5) is 15.6. The first-order valence-corrected chi connectivity index (χ1v) is 6.53. The second-order valence-corrected chi connectivity index (χ2v) is 4.95. The third kappa shape index (κ3) is 2.87. The number of carbonyl (C=O) groups excluding carboxylic acids is 1. The molecule has 1 aromatic heterocycles. The van der Waals surface area contributed by atoms with Gasteiger partial charge in [0.05, 0.1) is 12.6 Å². The van der Waals surface area contributed by atoms with Crippen LogP contribution in [0.2, 0.25) is 5.15 Å². The fourth-order valence-corrected chi connectivity index (χ4v) is 2.25. The van der Waals surface area contributed by atoms with E-state index in [2.05, 4.69) is 22.7 Å². The van der Waals surface area contributed by atoms with Crippen LogP contribution in [0.3, 0.4) is 0 Å². The number of aryl methyl sites for hydroxylation is 3. The number of rotatable bonds is 3. The number of hydrogen-bond donors (Lipinski definition) is 0. The van der Waals surface area contributed by atoms with Crippen LogP contribution in [0.4, 0.5) is 0 Å². The van der Waals surface area contributed by atoms with Gasteiger partial charge in [0.15, 0.2) is 0 Å². The highest BCUT2D eigenvalue weighted by Crippen LogP contribution is 2.25. The lowest BCUT2D eigenvalue weighted by Crippen LogP contribution is -2.03. The number of pyridine rings is 1. The molecule has 0 saturated carbocycles. The van der Waals surface area contributed by atoms with Gasteiger partial charge in [0.1, 0.15) is 5.15 Å². The van der Waals surface area contributed by atoms with Crippen molar-refractivity contribution in [3.05, 3.63) is 40.0 Å². The molecule has 0 saturated heterocycles. The molecule has 3 nitrogen and oxygen atoms in total. The van der Waals surface area contributed by atoms with E-state index in [0.29, 0.717) is 18.0 Å². The van der Waals surface area contributed by atoms with Crippen molar-refractivity contribution in [2.75, 3.05) is 7.11 Å². The monoisotopic (exact) mass is 277 g/mol. The molecule has 0 unspecified atom stereocenters. The average molecular weight is 278 g/mol. The van der Waals surface area contributed by atoms with Gasteiger partial charge in [0.25, 0.3) is 0 Å². The van der Waals surface area contributed by atoms with Gasteiger partial charge in [-0.25, -0.2) is 4.98 Å². The Morgan fingerprint density at radius 3 is 2.79 bits per heavy atom. The van der Waals surface area contributed by atoms with Crippen LogP contribution in [0.1, 0.15) is 23.1 Å². The minimum atomic E-state index is -0.240. The number of aromatic nitrogens is 1. The van der Waals surface area contributed by atoms with E-state index in [1.807, 2.05) is 19.1 Å². The van der Waals surface area contributed by atoms with Crippen LogP contribution in [-0.2, 0) is 16.0 Å². The lowest BCUT2D eigenvalue weighted by atomic mass is 10.0. The SMILES string of the molecule is COC(=O)CCc1cc2ccc(C)c(C)c2nc1Cl. The highest BCUT2D eigenvalue weighted by molar-refractivity contribution is 6.30. The normalized spacial score (nSPS) is 10.7. The molecule has 19 heavy (non-hydrogen) atoms. The summed E-state index contributed by atoms with van der Waals surface area (Å²) < 4.78 is 4.63. The molecule has 0 fully saturated rings. The highest BCUT2D eigenvalue weighted by Gasteiger charge is 2.10. The van der Waals surface area contributed by atoms with E-state index < -0.39 is 0 Å². The second-order valence-electron chi connectivity index (χ2n) is 4.59. The number of benzene rings is 1. The summed E-state index contributed by atoms with van der Waals surface area (Å²) in [6.45, 7) is 4.09. The van der Waals surface area contributed by atoms with Crippen LogP contribution < -0.4 is 0 Å². The summed E-state index contributed by atoms with van der Waals surface area (Å²) in [5, 5.41) is 1.51. The number of halogens is 1. The Bertz CT molecular complexity index is 638. The number of hydrogen-bond acceptors (Lipinski definition) is 3. The van der Waals surface area contributed by atoms with Crippen molar-refractivity contribution >= 4 is 28.5 Å². The Kier molecular flexibility index (Phi) is 4.05. The van der Waals surface area contributed by atoms with Gasteiger partial charge < -0.3 is 4.74 Å². The Labute approximate surface area is 117 Å². The molecular weight excluding hydrogens is 262 g/mol. The van der Waals surface area contributed by atoms with Crippen molar-refractivity contribution in [2.24, 2.45) is 0 Å². The fraction of sp³-hybridized carbons (Fsp3) is 0.333. The molecule has 100 valence electrons. The van der Waals surface area contributed by atoms with E-state index >= 15 is 0 Å². The first-order valence-electron chi connectivity index (χ1n) is 6.15. The molecule has 0 amide bonds. The minimum Gasteiger partial charge on any atom is -0.469 e. The maximum atomic E-state index is 11.2. The minimum absolute atomic E-state index is 0.240. The quantitative estimate of drug-likeness (QED) is 0.635. The number of fused-ring (bicyclic) bond motifs is 1. The number of nitrogens with zero attached hydrogens (tertiary/aromatic N) is 1. The van der Waals surface area contributed by atoms with Gasteiger partial charge in [-0.05, 0) is 43.0 Å². The van der Waals surface area contributed by atoms with Crippen molar-refractivity contribution in [3.63, 3.8) is 0 Å². The summed E-state index contributed by atoms with van der Waals surface area (Å²) in [5.74, 6) is -0.240. The molecule has 0 atom stereocenters. The standard InChI is InChI=1S/C15H16ClNO2/c1-9-4-5-11-8-12(6-7-13(18)19-3)15(16)17-14(11)10(9)2/h4-5,8H,6-7H2,1-3H3. The first kappa shape index (κ1) is 13.8. The number of methoxy groups -OCH3 is 1. The lowest BCUT2D eigenvalue weighted by molar-refractivity contribution is -0.140. The molecule has 0 spiro atoms. The van der Waals surface area contributed by atoms with Gasteiger partial charge in [-0.15, -0.1) is 0 Å². The van der Waals surface area contributed by atoms with E-state index in [4.69, 9.17) is 11.6 Å². The van der Waals surface area contributed by atoms with Gasteiger partial charge in [-0.3, -0.25) is 4.79 Å². The molecule has 2 rings (SSSR count). The molecule has 4 heteroatoms. The van der Waals surface area contributed by atoms with Gasteiger partial charge >= 0.3 is 5.97 Å². The van der Waals surface area contributed by atoms with E-state index in [-0.39, 0.29) is 5.97 Å². The van der Waals surface area contributed by atoms with Crippen molar-refractivity contribution in [3.8, 4) is 0 Å². The molecule has 0 aliphatic heterocycles. The molecule has 0 N–H and O–H groups in total. The lowest BCUT2D eigenvalue weighted by Gasteiger charge is -2.09. The third-order valence-corrected chi connectivity index (χ3v) is 3.69. The van der Waals surface area contributed by atoms with Crippen molar-refractivity contribution in [1.82, 2.24) is 4.98 Å². The van der Waals surface area contributed by atoms with Gasteiger partial charge in [-0.1, -0.05) is 23.7 Å². The molecule has 0 bridgehead atoms. The van der Waals surface area contributed by atoms with E-state index in [0.717, 1.165) is 22.0 Å². The smallest absolute Gasteiger partial charge is 0.305 e. The second kappa shape index (κ2) is 5.57. The summed E-state index contributed by atoms with van der Waals surface area (Å²) in [7, 11) is 1.38. The molecule has 0 aliphatic rings. The van der Waals surface area contributed by atoms with Crippen LogP contribution >= 0.6 is 11.6 Å². The van der Waals surface area contributed by atoms with Gasteiger partial charge in [-0.2, -0.15) is 0 Å². The largest absolute Gasteiger partial charge is 0.469 e. The number of ether oxygens (including phenoxy) is 1. The topological polar surface area (TPSA) is 39.2 Å². The van der Waals surface area contributed by atoms with Crippen LogP contribution in [0, 0.1) is 13.8 Å². The fourth-order valence-electron chi connectivity index (χ4n) is 2.02. The summed E-state index contributed by atoms with van der Waals surface area (Å²) in [6.07, 6.45) is 0.857. The summed E-state index contributed by atoms with van der Waals surface area (Å²) in [6, 6.07) is 6.10. The van der Waals surface area contributed by atoms with E-state index in [1.54, 1.807) is 0 Å². The van der Waals surface area contributed by atoms with Crippen molar-refractivity contribution in [1.29, 1.82) is 0 Å². The molecule has 1 heterocycles. The molecular formula is C15H16ClNO2. The van der Waals surface area contributed by atoms with Crippen LogP contribution in [-0.4, -0.2) is 18.1 Å². The maximum absolute atomic E-state index is 11.2. The van der Waals surface area contributed by atoms with Crippen LogP contribution in [0.15, 0.2) is 18.2 Å². The Morgan fingerprint density at radius 2 is 2.11 bits per heavy atom. The van der Waals surface area contributed by atoms with E-state index in [1.165, 1.54) is 12.7 Å². The van der Waals surface area contributed by atoms with E-state index in [9.17, 15) is 4.79 Å². The summed E-state index contributed by atoms with van der Waals surface area (Å²) in [5.41, 5.74) is 4.13. The summed E-state index contributed by atoms with van der Waals surface area (Å²) >= 11 is 6.19. The van der Waals surface area contributed by atoms with Crippen molar-refractivity contribution < 1.29 is 9.53 Å². The zero-order valence-corrected chi connectivity index (χ0v) is 12.0. The predicted octanol–water partition coefficient (Wildman–Crippen LogP) is 3.61. The number of esters is 1. The zero-order chi connectivity index (χ0) is 14.0.